The van der Waals surface area contributed by atoms with Crippen LogP contribution in [0.2, 0.25) is 0 Å². The Kier molecular flexibility index (Phi) is 4.30. The predicted molar refractivity (Wildman–Crippen MR) is 59.1 cm³/mol. The number of hydrogen-bond acceptors (Lipinski definition) is 4. The van der Waals surface area contributed by atoms with E-state index in [2.05, 4.69) is 4.74 Å². The zero-order valence-electron chi connectivity index (χ0n) is 9.78. The molecule has 0 spiro atoms. The van der Waals surface area contributed by atoms with Crippen LogP contribution in [-0.2, 0) is 6.42 Å². The summed E-state index contributed by atoms with van der Waals surface area (Å²) >= 11 is 0. The maximum Gasteiger partial charge on any atom is 0.387 e. The first kappa shape index (κ1) is 14.0. The summed E-state index contributed by atoms with van der Waals surface area (Å²) in [6.45, 7) is -0.289. The summed E-state index contributed by atoms with van der Waals surface area (Å²) < 4.78 is 28.4. The number of alkyl halides is 2. The maximum atomic E-state index is 12.1. The van der Waals surface area contributed by atoms with Gasteiger partial charge in [0.15, 0.2) is 5.78 Å². The molecule has 98 valence electrons. The molecular weight excluding hydrogens is 248 g/mol. The molecular formula is C11H11F2NO4. The summed E-state index contributed by atoms with van der Waals surface area (Å²) in [5.74, 6) is -0.825. The van der Waals surface area contributed by atoms with Crippen molar-refractivity contribution in [2.24, 2.45) is 0 Å². The van der Waals surface area contributed by atoms with Crippen LogP contribution in [-0.4, -0.2) is 17.3 Å². The number of nitrogens with zero attached hydrogens (tertiary/aromatic N) is 1. The molecule has 0 fully saturated rings. The average molecular weight is 259 g/mol. The van der Waals surface area contributed by atoms with Gasteiger partial charge in [0.25, 0.3) is 5.69 Å². The number of nitro benzene ring substituents is 1. The average Bonchev–Trinajstić information content (AvgIpc) is 2.26. The highest BCUT2D eigenvalue weighted by atomic mass is 19.3. The molecule has 0 aliphatic carbocycles. The lowest BCUT2D eigenvalue weighted by Crippen LogP contribution is -2.07. The Morgan fingerprint density at radius 3 is 2.50 bits per heavy atom. The topological polar surface area (TPSA) is 69.4 Å². The van der Waals surface area contributed by atoms with E-state index < -0.39 is 17.3 Å². The molecule has 0 N–H and O–H groups in total. The molecule has 0 aliphatic rings. The van der Waals surface area contributed by atoms with Crippen molar-refractivity contribution in [2.45, 2.75) is 26.9 Å². The van der Waals surface area contributed by atoms with Crippen LogP contribution < -0.4 is 4.74 Å². The van der Waals surface area contributed by atoms with E-state index in [1.165, 1.54) is 0 Å². The van der Waals surface area contributed by atoms with Gasteiger partial charge >= 0.3 is 6.61 Å². The van der Waals surface area contributed by atoms with E-state index in [-0.39, 0.29) is 29.0 Å². The Morgan fingerprint density at radius 1 is 1.50 bits per heavy atom. The smallest absolute Gasteiger partial charge is 0.387 e. The van der Waals surface area contributed by atoms with Gasteiger partial charge in [0, 0.05) is 5.56 Å². The van der Waals surface area contributed by atoms with Gasteiger partial charge in [0.05, 0.1) is 10.5 Å². The van der Waals surface area contributed by atoms with Crippen LogP contribution in [0.3, 0.4) is 0 Å². The van der Waals surface area contributed by atoms with Crippen molar-refractivity contribution in [3.8, 4) is 5.75 Å². The molecule has 0 saturated carbocycles. The summed E-state index contributed by atoms with van der Waals surface area (Å²) in [6, 6.07) is 2.11. The molecule has 0 amide bonds. The SMILES string of the molecule is CCc1cc(OC(F)F)cc(C(C)=O)c1[N+](=O)[O-]. The van der Waals surface area contributed by atoms with Crippen LogP contribution in [0.1, 0.15) is 29.8 Å². The van der Waals surface area contributed by atoms with Gasteiger partial charge in [-0.3, -0.25) is 14.9 Å². The predicted octanol–water partition coefficient (Wildman–Crippen LogP) is 2.96. The van der Waals surface area contributed by atoms with Crippen molar-refractivity contribution < 1.29 is 23.2 Å². The van der Waals surface area contributed by atoms with Crippen molar-refractivity contribution in [3.63, 3.8) is 0 Å². The van der Waals surface area contributed by atoms with Gasteiger partial charge in [-0.05, 0) is 25.5 Å². The van der Waals surface area contributed by atoms with Crippen molar-refractivity contribution >= 4 is 11.5 Å². The second-order valence-electron chi connectivity index (χ2n) is 3.52. The standard InChI is InChI=1S/C11H11F2NO4/c1-3-7-4-8(18-11(12)13)5-9(6(2)15)10(7)14(16)17/h4-5,11H,3H2,1-2H3. The number of rotatable bonds is 5. The van der Waals surface area contributed by atoms with Crippen LogP contribution in [0.25, 0.3) is 0 Å². The van der Waals surface area contributed by atoms with E-state index >= 15 is 0 Å². The summed E-state index contributed by atoms with van der Waals surface area (Å²) in [7, 11) is 0. The fraction of sp³-hybridized carbons (Fsp3) is 0.364. The van der Waals surface area contributed by atoms with Crippen LogP contribution in [0.15, 0.2) is 12.1 Å². The number of carbonyl (C=O) groups is 1. The maximum absolute atomic E-state index is 12.1. The first-order valence-electron chi connectivity index (χ1n) is 5.13. The molecule has 0 atom stereocenters. The first-order valence-corrected chi connectivity index (χ1v) is 5.13. The Balaban J connectivity index is 3.43. The first-order chi connectivity index (χ1) is 8.36. The fourth-order valence-corrected chi connectivity index (χ4v) is 1.59. The van der Waals surface area contributed by atoms with Gasteiger partial charge in [-0.1, -0.05) is 6.92 Å². The third-order valence-corrected chi connectivity index (χ3v) is 2.33. The number of ketones is 1. The molecule has 0 aliphatic heterocycles. The second kappa shape index (κ2) is 5.52. The van der Waals surface area contributed by atoms with E-state index in [1.54, 1.807) is 6.92 Å². The molecule has 1 rings (SSSR count). The number of nitro groups is 1. The Hall–Kier alpha value is -2.05. The van der Waals surface area contributed by atoms with Crippen LogP contribution >= 0.6 is 0 Å². The van der Waals surface area contributed by atoms with Crippen molar-refractivity contribution in [2.75, 3.05) is 0 Å². The monoisotopic (exact) mass is 259 g/mol. The largest absolute Gasteiger partial charge is 0.435 e. The second-order valence-corrected chi connectivity index (χ2v) is 3.52. The van der Waals surface area contributed by atoms with E-state index in [4.69, 9.17) is 0 Å². The minimum Gasteiger partial charge on any atom is -0.435 e. The lowest BCUT2D eigenvalue weighted by Gasteiger charge is -2.09. The van der Waals surface area contributed by atoms with Gasteiger partial charge in [0.1, 0.15) is 5.75 Å². The van der Waals surface area contributed by atoms with Crippen molar-refractivity contribution in [1.29, 1.82) is 0 Å². The molecule has 0 saturated heterocycles. The molecule has 0 unspecified atom stereocenters. The highest BCUT2D eigenvalue weighted by molar-refractivity contribution is 5.99. The molecule has 1 aromatic rings. The van der Waals surface area contributed by atoms with Crippen molar-refractivity contribution in [3.05, 3.63) is 33.4 Å². The van der Waals surface area contributed by atoms with E-state index in [9.17, 15) is 23.7 Å². The minimum atomic E-state index is -3.05. The third-order valence-electron chi connectivity index (χ3n) is 2.33. The van der Waals surface area contributed by atoms with Gasteiger partial charge < -0.3 is 4.74 Å². The lowest BCUT2D eigenvalue weighted by atomic mass is 10.0. The zero-order chi connectivity index (χ0) is 13.9. The van der Waals surface area contributed by atoms with Crippen LogP contribution in [0, 0.1) is 10.1 Å². The highest BCUT2D eigenvalue weighted by Crippen LogP contribution is 2.30. The number of halogens is 2. The van der Waals surface area contributed by atoms with Gasteiger partial charge in [-0.25, -0.2) is 0 Å². The molecule has 0 bridgehead atoms. The van der Waals surface area contributed by atoms with Crippen LogP contribution in [0.5, 0.6) is 5.75 Å². The normalized spacial score (nSPS) is 10.5. The molecule has 5 nitrogen and oxygen atoms in total. The Bertz CT molecular complexity index is 488. The summed E-state index contributed by atoms with van der Waals surface area (Å²) in [5, 5.41) is 10.9. The Labute approximate surface area is 102 Å². The third kappa shape index (κ3) is 2.99. The van der Waals surface area contributed by atoms with Crippen molar-refractivity contribution in [1.82, 2.24) is 0 Å². The minimum absolute atomic E-state index is 0.184. The van der Waals surface area contributed by atoms with E-state index in [0.717, 1.165) is 19.1 Å². The molecule has 0 radical (unpaired) electrons. The van der Waals surface area contributed by atoms with Gasteiger partial charge in [0.2, 0.25) is 0 Å². The summed E-state index contributed by atoms with van der Waals surface area (Å²) in [4.78, 5) is 21.5. The quantitative estimate of drug-likeness (QED) is 0.463. The van der Waals surface area contributed by atoms with E-state index in [0.29, 0.717) is 0 Å². The number of carbonyl (C=O) groups excluding carboxylic acids is 1. The molecule has 7 heteroatoms. The Morgan fingerprint density at radius 2 is 2.11 bits per heavy atom. The van der Waals surface area contributed by atoms with Gasteiger partial charge in [-0.15, -0.1) is 0 Å². The number of aryl methyl sites for hydroxylation is 1. The summed E-state index contributed by atoms with van der Waals surface area (Å²) in [6.07, 6.45) is 0.233. The number of ether oxygens (including phenoxy) is 1. The van der Waals surface area contributed by atoms with Gasteiger partial charge in [-0.2, -0.15) is 8.78 Å². The molecule has 18 heavy (non-hydrogen) atoms. The number of hydrogen-bond donors (Lipinski definition) is 0. The van der Waals surface area contributed by atoms with Crippen LogP contribution in [0.4, 0.5) is 14.5 Å². The molecule has 0 heterocycles. The highest BCUT2D eigenvalue weighted by Gasteiger charge is 2.24. The fourth-order valence-electron chi connectivity index (χ4n) is 1.59. The van der Waals surface area contributed by atoms with E-state index in [1.807, 2.05) is 0 Å². The lowest BCUT2D eigenvalue weighted by molar-refractivity contribution is -0.385. The summed E-state index contributed by atoms with van der Waals surface area (Å²) in [5.41, 5.74) is -0.398. The zero-order valence-corrected chi connectivity index (χ0v) is 9.78. The number of benzene rings is 1. The molecule has 1 aromatic carbocycles. The molecule has 0 aromatic heterocycles. The number of Topliss-reactive ketones (excluding diaryl/α,β-unsaturated/α-hetero) is 1.